The van der Waals surface area contributed by atoms with E-state index in [1.807, 2.05) is 24.3 Å². The van der Waals surface area contributed by atoms with Gasteiger partial charge in [-0.1, -0.05) is 11.3 Å². The molecule has 134 valence electrons. The topological polar surface area (TPSA) is 105 Å². The van der Waals surface area contributed by atoms with Gasteiger partial charge >= 0.3 is 6.03 Å². The zero-order valence-electron chi connectivity index (χ0n) is 14.1. The van der Waals surface area contributed by atoms with Crippen LogP contribution in [-0.4, -0.2) is 47.4 Å². The molecule has 2 heterocycles. The Morgan fingerprint density at radius 3 is 2.68 bits per heavy atom. The average Bonchev–Trinajstić information content (AvgIpc) is 3.02. The summed E-state index contributed by atoms with van der Waals surface area (Å²) in [6.07, 6.45) is 2.34. The standard InChI is InChI=1S/C16H22N6O2S/c1-22-8-6-13(7-9-22)24-12-4-2-11(3-5-12)19-16(23)18-10-14-20-21-15(17)25-14/h2-5,13H,6-10H2,1H3,(H2,17,21)(H2,18,19,23). The summed E-state index contributed by atoms with van der Waals surface area (Å²) in [5.41, 5.74) is 6.20. The van der Waals surface area contributed by atoms with Gasteiger partial charge < -0.3 is 26.0 Å². The van der Waals surface area contributed by atoms with Gasteiger partial charge in [-0.15, -0.1) is 10.2 Å². The normalized spacial score (nSPS) is 15.7. The number of hydrogen-bond donors (Lipinski definition) is 3. The Balaban J connectivity index is 1.44. The molecule has 1 aromatic heterocycles. The summed E-state index contributed by atoms with van der Waals surface area (Å²) in [6, 6.07) is 7.09. The molecule has 4 N–H and O–H groups in total. The number of benzene rings is 1. The smallest absolute Gasteiger partial charge is 0.319 e. The molecule has 0 bridgehead atoms. The molecule has 3 rings (SSSR count). The van der Waals surface area contributed by atoms with Crippen molar-refractivity contribution in [3.05, 3.63) is 29.3 Å². The number of nitrogens with zero attached hydrogens (tertiary/aromatic N) is 3. The molecule has 0 aliphatic carbocycles. The fourth-order valence-electron chi connectivity index (χ4n) is 2.58. The van der Waals surface area contributed by atoms with Gasteiger partial charge in [-0.25, -0.2) is 4.79 Å². The first-order valence-electron chi connectivity index (χ1n) is 8.16. The second kappa shape index (κ2) is 8.13. The van der Waals surface area contributed by atoms with Crippen LogP contribution in [0.3, 0.4) is 0 Å². The summed E-state index contributed by atoms with van der Waals surface area (Å²) in [4.78, 5) is 14.2. The number of nitrogens with one attached hydrogen (secondary N) is 2. The number of likely N-dealkylation sites (tertiary alicyclic amines) is 1. The van der Waals surface area contributed by atoms with Crippen LogP contribution in [0.25, 0.3) is 0 Å². The quantitative estimate of drug-likeness (QED) is 0.750. The van der Waals surface area contributed by atoms with Crippen LogP contribution in [0.2, 0.25) is 0 Å². The van der Waals surface area contributed by atoms with Gasteiger partial charge in [-0.2, -0.15) is 0 Å². The first kappa shape index (κ1) is 17.4. The van der Waals surface area contributed by atoms with E-state index >= 15 is 0 Å². The summed E-state index contributed by atoms with van der Waals surface area (Å²) in [5, 5.41) is 14.1. The van der Waals surface area contributed by atoms with Gasteiger partial charge in [-0.05, 0) is 44.2 Å². The second-order valence-electron chi connectivity index (χ2n) is 5.99. The molecule has 2 amide bonds. The number of ether oxygens (including phenoxy) is 1. The third kappa shape index (κ3) is 5.30. The summed E-state index contributed by atoms with van der Waals surface area (Å²) >= 11 is 1.25. The van der Waals surface area contributed by atoms with Gasteiger partial charge in [-0.3, -0.25) is 0 Å². The highest BCUT2D eigenvalue weighted by atomic mass is 32.1. The number of nitrogen functional groups attached to an aromatic ring is 1. The first-order valence-corrected chi connectivity index (χ1v) is 8.98. The van der Waals surface area contributed by atoms with Gasteiger partial charge in [0, 0.05) is 18.8 Å². The summed E-state index contributed by atoms with van der Waals surface area (Å²) in [5.74, 6) is 0.824. The van der Waals surface area contributed by atoms with Gasteiger partial charge in [0.05, 0.1) is 6.54 Å². The molecule has 1 fully saturated rings. The van der Waals surface area contributed by atoms with E-state index in [2.05, 4.69) is 32.8 Å². The van der Waals surface area contributed by atoms with E-state index in [1.165, 1.54) is 11.3 Å². The van der Waals surface area contributed by atoms with Crippen molar-refractivity contribution < 1.29 is 9.53 Å². The van der Waals surface area contributed by atoms with Crippen molar-refractivity contribution in [1.29, 1.82) is 0 Å². The molecule has 1 aliphatic heterocycles. The van der Waals surface area contributed by atoms with Crippen LogP contribution in [0, 0.1) is 0 Å². The lowest BCUT2D eigenvalue weighted by Gasteiger charge is -2.29. The van der Waals surface area contributed by atoms with E-state index in [9.17, 15) is 4.79 Å². The van der Waals surface area contributed by atoms with Crippen LogP contribution in [-0.2, 0) is 6.54 Å². The van der Waals surface area contributed by atoms with Crippen LogP contribution in [0.5, 0.6) is 5.75 Å². The molecule has 1 saturated heterocycles. The number of carbonyl (C=O) groups is 1. The maximum Gasteiger partial charge on any atom is 0.319 e. The third-order valence-electron chi connectivity index (χ3n) is 3.96. The van der Waals surface area contributed by atoms with Crippen molar-refractivity contribution in [1.82, 2.24) is 20.4 Å². The Kier molecular flexibility index (Phi) is 5.67. The monoisotopic (exact) mass is 362 g/mol. The predicted octanol–water partition coefficient (Wildman–Crippen LogP) is 1.92. The number of aromatic nitrogens is 2. The van der Waals surface area contributed by atoms with Crippen molar-refractivity contribution in [2.24, 2.45) is 0 Å². The first-order chi connectivity index (χ1) is 12.1. The number of urea groups is 1. The van der Waals surface area contributed by atoms with Gasteiger partial charge in [0.2, 0.25) is 5.13 Å². The van der Waals surface area contributed by atoms with Crippen molar-refractivity contribution in [2.75, 3.05) is 31.2 Å². The lowest BCUT2D eigenvalue weighted by atomic mass is 10.1. The minimum absolute atomic E-state index is 0.262. The number of anilines is 2. The van der Waals surface area contributed by atoms with E-state index < -0.39 is 0 Å². The van der Waals surface area contributed by atoms with Crippen molar-refractivity contribution in [3.63, 3.8) is 0 Å². The van der Waals surface area contributed by atoms with E-state index in [1.54, 1.807) is 0 Å². The lowest BCUT2D eigenvalue weighted by molar-refractivity contribution is 0.114. The van der Waals surface area contributed by atoms with E-state index in [0.29, 0.717) is 15.8 Å². The molecule has 1 aromatic carbocycles. The fraction of sp³-hybridized carbons (Fsp3) is 0.438. The van der Waals surface area contributed by atoms with Crippen molar-refractivity contribution in [3.8, 4) is 5.75 Å². The summed E-state index contributed by atoms with van der Waals surface area (Å²) in [6.45, 7) is 2.41. The number of amides is 2. The Bertz CT molecular complexity index is 697. The van der Waals surface area contributed by atoms with E-state index in [0.717, 1.165) is 31.7 Å². The molecule has 0 saturated carbocycles. The zero-order chi connectivity index (χ0) is 17.6. The number of carbonyl (C=O) groups excluding carboxylic acids is 1. The zero-order valence-corrected chi connectivity index (χ0v) is 14.9. The predicted molar refractivity (Wildman–Crippen MR) is 97.8 cm³/mol. The molecule has 25 heavy (non-hydrogen) atoms. The maximum atomic E-state index is 11.9. The highest BCUT2D eigenvalue weighted by Gasteiger charge is 2.17. The van der Waals surface area contributed by atoms with E-state index in [4.69, 9.17) is 10.5 Å². The molecule has 1 aliphatic rings. The average molecular weight is 362 g/mol. The van der Waals surface area contributed by atoms with Gasteiger partial charge in [0.25, 0.3) is 0 Å². The third-order valence-corrected chi connectivity index (χ3v) is 4.72. The Labute approximate surface area is 150 Å². The van der Waals surface area contributed by atoms with Crippen LogP contribution in [0.15, 0.2) is 24.3 Å². The van der Waals surface area contributed by atoms with Crippen LogP contribution in [0.1, 0.15) is 17.8 Å². The number of rotatable bonds is 5. The number of nitrogens with two attached hydrogens (primary N) is 1. The summed E-state index contributed by atoms with van der Waals surface area (Å²) in [7, 11) is 2.13. The maximum absolute atomic E-state index is 11.9. The Morgan fingerprint density at radius 2 is 2.04 bits per heavy atom. The molecule has 0 spiro atoms. The Morgan fingerprint density at radius 1 is 1.32 bits per heavy atom. The van der Waals surface area contributed by atoms with E-state index in [-0.39, 0.29) is 18.7 Å². The van der Waals surface area contributed by atoms with Crippen LogP contribution < -0.4 is 21.1 Å². The SMILES string of the molecule is CN1CCC(Oc2ccc(NC(=O)NCc3nnc(N)s3)cc2)CC1. The number of piperidine rings is 1. The lowest BCUT2D eigenvalue weighted by Crippen LogP contribution is -2.35. The molecular weight excluding hydrogens is 340 g/mol. The van der Waals surface area contributed by atoms with Crippen LogP contribution >= 0.6 is 11.3 Å². The minimum Gasteiger partial charge on any atom is -0.490 e. The summed E-state index contributed by atoms with van der Waals surface area (Å²) < 4.78 is 5.99. The minimum atomic E-state index is -0.308. The molecule has 9 heteroatoms. The highest BCUT2D eigenvalue weighted by molar-refractivity contribution is 7.15. The molecule has 2 aromatic rings. The molecular formula is C16H22N6O2S. The largest absolute Gasteiger partial charge is 0.490 e. The van der Waals surface area contributed by atoms with Crippen molar-refractivity contribution in [2.45, 2.75) is 25.5 Å². The molecule has 0 atom stereocenters. The van der Waals surface area contributed by atoms with Gasteiger partial charge in [0.1, 0.15) is 16.9 Å². The number of hydrogen-bond acceptors (Lipinski definition) is 7. The highest BCUT2D eigenvalue weighted by Crippen LogP contribution is 2.20. The van der Waals surface area contributed by atoms with Gasteiger partial charge in [0.15, 0.2) is 0 Å². The molecule has 0 radical (unpaired) electrons. The molecule has 0 unspecified atom stereocenters. The van der Waals surface area contributed by atoms with Crippen molar-refractivity contribution >= 4 is 28.2 Å². The fourth-order valence-corrected chi connectivity index (χ4v) is 3.13. The second-order valence-corrected chi connectivity index (χ2v) is 7.08. The Hall–Kier alpha value is -2.39. The van der Waals surface area contributed by atoms with Crippen LogP contribution in [0.4, 0.5) is 15.6 Å². The molecule has 8 nitrogen and oxygen atoms in total.